The zero-order chi connectivity index (χ0) is 22.6. The molecule has 2 aromatic rings. The van der Waals surface area contributed by atoms with E-state index in [0.29, 0.717) is 16.7 Å². The maximum Gasteiger partial charge on any atom is 0.416 e. The van der Waals surface area contributed by atoms with Gasteiger partial charge < -0.3 is 19.7 Å². The van der Waals surface area contributed by atoms with Gasteiger partial charge in [-0.3, -0.25) is 0 Å². The third-order valence-corrected chi connectivity index (χ3v) is 4.50. The third kappa shape index (κ3) is 5.44. The highest BCUT2D eigenvalue weighted by Crippen LogP contribution is 2.29. The van der Waals surface area contributed by atoms with Gasteiger partial charge in [0.05, 0.1) is 12.7 Å². The first-order chi connectivity index (χ1) is 14.7. The number of hydrogen-bond acceptors (Lipinski definition) is 5. The van der Waals surface area contributed by atoms with Gasteiger partial charge in [0.1, 0.15) is 18.3 Å². The summed E-state index contributed by atoms with van der Waals surface area (Å²) in [4.78, 5) is 11.5. The molecular weight excluding hydrogens is 413 g/mol. The van der Waals surface area contributed by atoms with Crippen molar-refractivity contribution in [3.05, 3.63) is 70.8 Å². The third-order valence-electron chi connectivity index (χ3n) is 4.50. The van der Waals surface area contributed by atoms with Crippen LogP contribution in [0, 0.1) is 23.7 Å². The number of hydrogen-bond donors (Lipinski definition) is 2. The minimum absolute atomic E-state index is 0.447. The summed E-state index contributed by atoms with van der Waals surface area (Å²) in [5.41, 5.74) is 0.918. The minimum atomic E-state index is -4.39. The molecule has 1 aliphatic rings. The Morgan fingerprint density at radius 1 is 0.903 bits per heavy atom. The van der Waals surface area contributed by atoms with Gasteiger partial charge in [-0.25, -0.2) is 4.79 Å². The zero-order valence-electron chi connectivity index (χ0n) is 16.2. The summed E-state index contributed by atoms with van der Waals surface area (Å²) in [5.74, 6) is 10.3. The van der Waals surface area contributed by atoms with Gasteiger partial charge >= 0.3 is 12.1 Å². The molecule has 1 heterocycles. The fourth-order valence-corrected chi connectivity index (χ4v) is 2.79. The summed E-state index contributed by atoms with van der Waals surface area (Å²) in [5, 5.41) is 19.8. The Bertz CT molecular complexity index is 1050. The Hall–Kier alpha value is -3.30. The summed E-state index contributed by atoms with van der Waals surface area (Å²) in [7, 11) is 1.14. The van der Waals surface area contributed by atoms with Crippen molar-refractivity contribution in [3.8, 4) is 23.7 Å². The molecule has 3 rings (SSSR count). The molecule has 2 aromatic carbocycles. The molecule has 0 spiro atoms. The number of methoxy groups -OCH3 is 1. The van der Waals surface area contributed by atoms with Crippen LogP contribution >= 0.6 is 0 Å². The molecule has 2 N–H and O–H groups in total. The van der Waals surface area contributed by atoms with E-state index >= 15 is 0 Å². The minimum Gasteiger partial charge on any atom is -0.467 e. The highest BCUT2D eigenvalue weighted by Gasteiger charge is 2.46. The van der Waals surface area contributed by atoms with Crippen LogP contribution in [0.15, 0.2) is 48.5 Å². The first kappa shape index (κ1) is 22.4. The van der Waals surface area contributed by atoms with Crippen molar-refractivity contribution in [2.24, 2.45) is 0 Å². The van der Waals surface area contributed by atoms with Crippen LogP contribution in [0.2, 0.25) is 0 Å². The summed E-state index contributed by atoms with van der Waals surface area (Å²) in [6.07, 6.45) is -9.54. The Morgan fingerprint density at radius 3 is 1.87 bits per heavy atom. The Balaban J connectivity index is 1.66. The van der Waals surface area contributed by atoms with Crippen LogP contribution in [0.5, 0.6) is 0 Å². The molecule has 0 aromatic heterocycles. The molecule has 31 heavy (non-hydrogen) atoms. The lowest BCUT2D eigenvalue weighted by molar-refractivity contribution is -0.156. The largest absolute Gasteiger partial charge is 0.467 e. The molecule has 0 unspecified atom stereocenters. The maximum atomic E-state index is 12.6. The normalized spacial score (nSPS) is 22.6. The number of aliphatic hydroxyl groups excluding tert-OH is 2. The van der Waals surface area contributed by atoms with Gasteiger partial charge in [0.25, 0.3) is 0 Å². The van der Waals surface area contributed by atoms with E-state index in [1.807, 2.05) is 0 Å². The van der Waals surface area contributed by atoms with E-state index in [1.165, 1.54) is 12.1 Å². The Morgan fingerprint density at radius 2 is 1.39 bits per heavy atom. The molecule has 1 aliphatic heterocycles. The lowest BCUT2D eigenvalue weighted by Crippen LogP contribution is -2.36. The average molecular weight is 430 g/mol. The van der Waals surface area contributed by atoms with Gasteiger partial charge in [-0.15, -0.1) is 0 Å². The lowest BCUT2D eigenvalue weighted by atomic mass is 10.1. The van der Waals surface area contributed by atoms with Crippen LogP contribution in [0.4, 0.5) is 13.2 Å². The first-order valence-electron chi connectivity index (χ1n) is 9.09. The van der Waals surface area contributed by atoms with Crippen molar-refractivity contribution < 1.29 is 37.7 Å². The van der Waals surface area contributed by atoms with E-state index in [9.17, 15) is 28.2 Å². The molecule has 4 atom stereocenters. The van der Waals surface area contributed by atoms with Gasteiger partial charge in [0.2, 0.25) is 0 Å². The monoisotopic (exact) mass is 430 g/mol. The molecule has 0 bridgehead atoms. The summed E-state index contributed by atoms with van der Waals surface area (Å²) >= 11 is 0. The number of halogens is 3. The fourth-order valence-electron chi connectivity index (χ4n) is 2.79. The summed E-state index contributed by atoms with van der Waals surface area (Å²) in [6.45, 7) is 0. The SMILES string of the molecule is COC(=O)[C@H]1O[C@H](C#Cc2ccc(C#Cc3ccc(C(F)(F)F)cc3)cc2)[C@@H](O)[C@H]1O. The molecule has 1 fully saturated rings. The molecule has 160 valence electrons. The Kier molecular flexibility index (Phi) is 6.67. The predicted octanol–water partition coefficient (Wildman–Crippen LogP) is 2.12. The highest BCUT2D eigenvalue weighted by molar-refractivity contribution is 5.76. The highest BCUT2D eigenvalue weighted by atomic mass is 19.4. The first-order valence-corrected chi connectivity index (χ1v) is 9.09. The molecule has 0 saturated carbocycles. The van der Waals surface area contributed by atoms with Crippen molar-refractivity contribution in [1.82, 2.24) is 0 Å². The number of rotatable bonds is 1. The summed E-state index contributed by atoms with van der Waals surface area (Å²) < 4.78 is 47.5. The van der Waals surface area contributed by atoms with Crippen LogP contribution in [0.1, 0.15) is 22.3 Å². The van der Waals surface area contributed by atoms with Crippen LogP contribution in [0.3, 0.4) is 0 Å². The molecule has 0 aliphatic carbocycles. The second-order valence-corrected chi connectivity index (χ2v) is 6.65. The summed E-state index contributed by atoms with van der Waals surface area (Å²) in [6, 6.07) is 11.3. The standard InChI is InChI=1S/C23H17F3O5/c1-30-22(29)21-20(28)19(27)18(31-21)13-10-15-5-2-14(3-6-15)4-7-16-8-11-17(12-9-16)23(24,25)26/h2-3,5-6,8-9,11-12,18-21,27-28H,1H3/t18-,19-,20-,21+/m1/s1. The molecule has 8 heteroatoms. The van der Waals surface area contributed by atoms with Gasteiger partial charge in [-0.05, 0) is 48.5 Å². The number of alkyl halides is 3. The van der Waals surface area contributed by atoms with E-state index < -0.39 is 42.1 Å². The quantitative estimate of drug-likeness (QED) is 0.536. The van der Waals surface area contributed by atoms with Crippen molar-refractivity contribution in [2.45, 2.75) is 30.6 Å². The number of carbonyl (C=O) groups is 1. The molecule has 5 nitrogen and oxygen atoms in total. The molecular formula is C23H17F3O5. The van der Waals surface area contributed by atoms with E-state index in [1.54, 1.807) is 24.3 Å². The number of benzene rings is 2. The maximum absolute atomic E-state index is 12.6. The van der Waals surface area contributed by atoms with Crippen molar-refractivity contribution in [1.29, 1.82) is 0 Å². The number of esters is 1. The van der Waals surface area contributed by atoms with E-state index in [2.05, 4.69) is 28.4 Å². The smallest absolute Gasteiger partial charge is 0.416 e. The van der Waals surface area contributed by atoms with E-state index in [-0.39, 0.29) is 0 Å². The van der Waals surface area contributed by atoms with Crippen LogP contribution in [0.25, 0.3) is 0 Å². The number of aliphatic hydroxyl groups is 2. The van der Waals surface area contributed by atoms with E-state index in [4.69, 9.17) is 4.74 Å². The van der Waals surface area contributed by atoms with Crippen LogP contribution < -0.4 is 0 Å². The van der Waals surface area contributed by atoms with Gasteiger partial charge in [0, 0.05) is 16.7 Å². The van der Waals surface area contributed by atoms with Crippen LogP contribution in [-0.4, -0.2) is 47.7 Å². The van der Waals surface area contributed by atoms with Crippen LogP contribution in [-0.2, 0) is 20.4 Å². The average Bonchev–Trinajstić information content (AvgIpc) is 3.04. The zero-order valence-corrected chi connectivity index (χ0v) is 16.2. The van der Waals surface area contributed by atoms with Crippen molar-refractivity contribution in [3.63, 3.8) is 0 Å². The second kappa shape index (κ2) is 9.23. The molecule has 1 saturated heterocycles. The van der Waals surface area contributed by atoms with Crippen molar-refractivity contribution in [2.75, 3.05) is 7.11 Å². The van der Waals surface area contributed by atoms with Gasteiger partial charge in [0.15, 0.2) is 6.10 Å². The van der Waals surface area contributed by atoms with Gasteiger partial charge in [-0.2, -0.15) is 13.2 Å². The topological polar surface area (TPSA) is 76.0 Å². The predicted molar refractivity (Wildman–Crippen MR) is 103 cm³/mol. The Labute approximate surface area is 176 Å². The lowest BCUT2D eigenvalue weighted by Gasteiger charge is -2.10. The van der Waals surface area contributed by atoms with E-state index in [0.717, 1.165) is 19.2 Å². The van der Waals surface area contributed by atoms with Gasteiger partial charge in [-0.1, -0.05) is 23.7 Å². The number of ether oxygens (including phenoxy) is 2. The van der Waals surface area contributed by atoms with Crippen molar-refractivity contribution >= 4 is 5.97 Å². The fraction of sp³-hybridized carbons (Fsp3) is 0.261. The molecule has 0 amide bonds. The second-order valence-electron chi connectivity index (χ2n) is 6.65. The number of carbonyl (C=O) groups excluding carboxylic acids is 1. The molecule has 0 radical (unpaired) electrons.